The van der Waals surface area contributed by atoms with Crippen LogP contribution >= 0.6 is 0 Å². The fourth-order valence-electron chi connectivity index (χ4n) is 1.27. The molecule has 2 amide bonds. The van der Waals surface area contributed by atoms with Crippen LogP contribution in [0.3, 0.4) is 0 Å². The van der Waals surface area contributed by atoms with E-state index in [9.17, 15) is 9.18 Å². The summed E-state index contributed by atoms with van der Waals surface area (Å²) < 4.78 is 12.6. The zero-order chi connectivity index (χ0) is 11.4. The number of carbonyl (C=O) groups excluding carboxylic acids is 1. The highest BCUT2D eigenvalue weighted by Crippen LogP contribution is 2.06. The first-order valence-corrected chi connectivity index (χ1v) is 4.67. The predicted octanol–water partition coefficient (Wildman–Crippen LogP) is 1.94. The molecule has 0 aliphatic rings. The van der Waals surface area contributed by atoms with E-state index in [0.29, 0.717) is 6.54 Å². The van der Waals surface area contributed by atoms with Crippen LogP contribution in [0.15, 0.2) is 24.3 Å². The maximum absolute atomic E-state index is 12.6. The van der Waals surface area contributed by atoms with Gasteiger partial charge in [-0.1, -0.05) is 12.1 Å². The van der Waals surface area contributed by atoms with Gasteiger partial charge in [-0.15, -0.1) is 0 Å². The lowest BCUT2D eigenvalue weighted by Crippen LogP contribution is -2.35. The first kappa shape index (κ1) is 11.5. The van der Waals surface area contributed by atoms with Gasteiger partial charge in [-0.05, 0) is 17.7 Å². The number of hydrogen-bond acceptors (Lipinski definition) is 1. The Balaban J connectivity index is 2.62. The van der Waals surface area contributed by atoms with Crippen molar-refractivity contribution in [2.75, 3.05) is 21.1 Å². The minimum Gasteiger partial charge on any atom is -0.331 e. The van der Waals surface area contributed by atoms with Crippen LogP contribution in [0.1, 0.15) is 5.56 Å². The van der Waals surface area contributed by atoms with Crippen LogP contribution in [0.2, 0.25) is 0 Å². The fourth-order valence-corrected chi connectivity index (χ4v) is 1.27. The van der Waals surface area contributed by atoms with E-state index in [1.165, 1.54) is 17.0 Å². The molecule has 0 heterocycles. The average Bonchev–Trinajstić information content (AvgIpc) is 2.20. The summed E-state index contributed by atoms with van der Waals surface area (Å²) in [5.74, 6) is -0.264. The number of amides is 2. The molecule has 82 valence electrons. The first-order chi connectivity index (χ1) is 7.00. The van der Waals surface area contributed by atoms with E-state index >= 15 is 0 Å². The molecule has 0 spiro atoms. The van der Waals surface area contributed by atoms with Crippen LogP contribution in [-0.4, -0.2) is 37.0 Å². The van der Waals surface area contributed by atoms with E-state index in [4.69, 9.17) is 0 Å². The molecule has 0 atom stereocenters. The molecular weight excluding hydrogens is 195 g/mol. The Morgan fingerprint density at radius 2 is 1.73 bits per heavy atom. The fraction of sp³-hybridized carbons (Fsp3) is 0.364. The van der Waals surface area contributed by atoms with Crippen LogP contribution < -0.4 is 0 Å². The van der Waals surface area contributed by atoms with Crippen molar-refractivity contribution in [1.82, 2.24) is 9.80 Å². The van der Waals surface area contributed by atoms with Gasteiger partial charge in [0.05, 0.1) is 0 Å². The number of benzene rings is 1. The van der Waals surface area contributed by atoms with Crippen molar-refractivity contribution in [3.05, 3.63) is 35.6 Å². The van der Waals surface area contributed by atoms with Crippen LogP contribution in [0.4, 0.5) is 9.18 Å². The van der Waals surface area contributed by atoms with Gasteiger partial charge in [-0.25, -0.2) is 9.18 Å². The topological polar surface area (TPSA) is 23.6 Å². The molecule has 0 radical (unpaired) electrons. The number of hydrogen-bond donors (Lipinski definition) is 0. The van der Waals surface area contributed by atoms with Gasteiger partial charge in [0.15, 0.2) is 0 Å². The maximum atomic E-state index is 12.6. The zero-order valence-electron chi connectivity index (χ0n) is 9.20. The van der Waals surface area contributed by atoms with Crippen molar-refractivity contribution >= 4 is 6.03 Å². The van der Waals surface area contributed by atoms with Gasteiger partial charge >= 0.3 is 6.03 Å². The second kappa shape index (κ2) is 4.77. The van der Waals surface area contributed by atoms with Crippen molar-refractivity contribution in [2.45, 2.75) is 6.54 Å². The van der Waals surface area contributed by atoms with Crippen molar-refractivity contribution in [2.24, 2.45) is 0 Å². The smallest absolute Gasteiger partial charge is 0.319 e. The number of rotatable bonds is 2. The summed E-state index contributed by atoms with van der Waals surface area (Å²) in [6.45, 7) is 0.483. The highest BCUT2D eigenvalue weighted by atomic mass is 19.1. The van der Waals surface area contributed by atoms with E-state index < -0.39 is 0 Å². The van der Waals surface area contributed by atoms with Crippen molar-refractivity contribution in [1.29, 1.82) is 0 Å². The first-order valence-electron chi connectivity index (χ1n) is 4.67. The summed E-state index contributed by atoms with van der Waals surface area (Å²) in [6.07, 6.45) is 0. The Kier molecular flexibility index (Phi) is 3.66. The Morgan fingerprint density at radius 3 is 2.20 bits per heavy atom. The second-order valence-electron chi connectivity index (χ2n) is 3.66. The molecule has 3 nitrogen and oxygen atoms in total. The Morgan fingerprint density at radius 1 is 1.20 bits per heavy atom. The van der Waals surface area contributed by atoms with Crippen LogP contribution in [-0.2, 0) is 6.54 Å². The van der Waals surface area contributed by atoms with Gasteiger partial charge in [0.1, 0.15) is 5.82 Å². The Hall–Kier alpha value is -1.58. The largest absolute Gasteiger partial charge is 0.331 e. The van der Waals surface area contributed by atoms with E-state index in [0.717, 1.165) is 5.56 Å². The van der Waals surface area contributed by atoms with Crippen LogP contribution in [0.25, 0.3) is 0 Å². The van der Waals surface area contributed by atoms with Crippen molar-refractivity contribution in [3.8, 4) is 0 Å². The summed E-state index contributed by atoms with van der Waals surface area (Å²) in [7, 11) is 5.11. The molecule has 0 aliphatic carbocycles. The number of carbonyl (C=O) groups is 1. The molecule has 1 aromatic carbocycles. The lowest BCUT2D eigenvalue weighted by atomic mass is 10.2. The zero-order valence-corrected chi connectivity index (χ0v) is 9.20. The van der Waals surface area contributed by atoms with Gasteiger partial charge in [-0.3, -0.25) is 0 Å². The SMILES string of the molecule is CN(C)C(=O)N(C)Cc1ccc(F)cc1. The third-order valence-corrected chi connectivity index (χ3v) is 2.04. The molecule has 0 unspecified atom stereocenters. The van der Waals surface area contributed by atoms with Crippen LogP contribution in [0, 0.1) is 5.82 Å². The monoisotopic (exact) mass is 210 g/mol. The summed E-state index contributed by atoms with van der Waals surface area (Å²) in [4.78, 5) is 14.6. The minimum absolute atomic E-state index is 0.0701. The molecule has 1 aromatic rings. The molecule has 0 bridgehead atoms. The van der Waals surface area contributed by atoms with Gasteiger partial charge in [0, 0.05) is 27.7 Å². The van der Waals surface area contributed by atoms with Crippen LogP contribution in [0.5, 0.6) is 0 Å². The highest BCUT2D eigenvalue weighted by Gasteiger charge is 2.10. The molecule has 0 aliphatic heterocycles. The molecule has 15 heavy (non-hydrogen) atoms. The number of nitrogens with zero attached hydrogens (tertiary/aromatic N) is 2. The second-order valence-corrected chi connectivity index (χ2v) is 3.66. The molecule has 0 saturated carbocycles. The summed E-state index contributed by atoms with van der Waals surface area (Å²) in [5.41, 5.74) is 0.911. The molecule has 0 fully saturated rings. The molecule has 0 N–H and O–H groups in total. The van der Waals surface area contributed by atoms with Gasteiger partial charge in [0.2, 0.25) is 0 Å². The normalized spacial score (nSPS) is 9.87. The standard InChI is InChI=1S/C11H15FN2O/c1-13(2)11(15)14(3)8-9-4-6-10(12)7-5-9/h4-7H,8H2,1-3H3. The number of urea groups is 1. The minimum atomic E-state index is -0.264. The maximum Gasteiger partial charge on any atom is 0.319 e. The molecule has 4 heteroatoms. The third-order valence-electron chi connectivity index (χ3n) is 2.04. The van der Waals surface area contributed by atoms with Gasteiger partial charge in [-0.2, -0.15) is 0 Å². The van der Waals surface area contributed by atoms with Gasteiger partial charge < -0.3 is 9.80 Å². The van der Waals surface area contributed by atoms with Gasteiger partial charge in [0.25, 0.3) is 0 Å². The summed E-state index contributed by atoms with van der Waals surface area (Å²) in [5, 5.41) is 0. The number of halogens is 1. The van der Waals surface area contributed by atoms with E-state index in [-0.39, 0.29) is 11.8 Å². The third kappa shape index (κ3) is 3.23. The molecule has 0 aromatic heterocycles. The quantitative estimate of drug-likeness (QED) is 0.731. The van der Waals surface area contributed by atoms with E-state index in [1.807, 2.05) is 0 Å². The van der Waals surface area contributed by atoms with E-state index in [2.05, 4.69) is 0 Å². The lowest BCUT2D eigenvalue weighted by molar-refractivity contribution is 0.180. The Labute approximate surface area is 89.1 Å². The molecule has 0 saturated heterocycles. The highest BCUT2D eigenvalue weighted by molar-refractivity contribution is 5.73. The average molecular weight is 210 g/mol. The lowest BCUT2D eigenvalue weighted by Gasteiger charge is -2.21. The Bertz CT molecular complexity index is 335. The predicted molar refractivity (Wildman–Crippen MR) is 57.0 cm³/mol. The summed E-state index contributed by atoms with van der Waals surface area (Å²) in [6, 6.07) is 6.07. The summed E-state index contributed by atoms with van der Waals surface area (Å²) >= 11 is 0. The molecule has 1 rings (SSSR count). The van der Waals surface area contributed by atoms with Crippen molar-refractivity contribution < 1.29 is 9.18 Å². The molecular formula is C11H15FN2O. The van der Waals surface area contributed by atoms with Crippen molar-refractivity contribution in [3.63, 3.8) is 0 Å². The van der Waals surface area contributed by atoms with E-state index in [1.54, 1.807) is 38.2 Å².